The molecule has 0 radical (unpaired) electrons. The van der Waals surface area contributed by atoms with Crippen molar-refractivity contribution in [3.63, 3.8) is 0 Å². The van der Waals surface area contributed by atoms with Crippen LogP contribution in [0.1, 0.15) is 25.3 Å². The van der Waals surface area contributed by atoms with Gasteiger partial charge in [0.15, 0.2) is 5.96 Å². The molecule has 1 heterocycles. The molecule has 0 amide bonds. The molecule has 0 bridgehead atoms. The Kier molecular flexibility index (Phi) is 4.43. The molecule has 1 aromatic heterocycles. The molecule has 4 heteroatoms. The Balaban J connectivity index is 1.54. The third-order valence-electron chi connectivity index (χ3n) is 3.91. The van der Waals surface area contributed by atoms with Crippen LogP contribution in [0.2, 0.25) is 0 Å². The lowest BCUT2D eigenvalue weighted by Crippen LogP contribution is -2.38. The third kappa shape index (κ3) is 3.78. The van der Waals surface area contributed by atoms with Crippen LogP contribution in [0.15, 0.2) is 35.5 Å². The number of hydrogen-bond acceptors (Lipinski definition) is 1. The second-order valence-corrected chi connectivity index (χ2v) is 5.70. The molecule has 0 spiro atoms. The summed E-state index contributed by atoms with van der Waals surface area (Å²) in [5, 5.41) is 8.06. The number of hydrogen-bond donors (Lipinski definition) is 3. The first-order chi connectivity index (χ1) is 10.4. The van der Waals surface area contributed by atoms with Crippen LogP contribution in [0.4, 0.5) is 0 Å². The molecule has 1 fully saturated rings. The summed E-state index contributed by atoms with van der Waals surface area (Å²) >= 11 is 0. The van der Waals surface area contributed by atoms with Crippen LogP contribution in [-0.2, 0) is 6.42 Å². The van der Waals surface area contributed by atoms with E-state index in [2.05, 4.69) is 58.0 Å². The molecule has 0 atom stereocenters. The lowest BCUT2D eigenvalue weighted by molar-refractivity contribution is 0.778. The summed E-state index contributed by atoms with van der Waals surface area (Å²) in [6, 6.07) is 8.45. The Morgan fingerprint density at radius 1 is 1.29 bits per heavy atom. The topological polar surface area (TPSA) is 52.2 Å². The standard InChI is InChI=1S/C17H24N4/c1-2-18-17(21-11-13-7-8-13)19-10-9-14-12-20-16-6-4-3-5-15(14)16/h3-6,12-13,20H,2,7-11H2,1H3,(H2,18,19,21). The van der Waals surface area contributed by atoms with Gasteiger partial charge < -0.3 is 15.6 Å². The van der Waals surface area contributed by atoms with Crippen molar-refractivity contribution in [3.05, 3.63) is 36.0 Å². The van der Waals surface area contributed by atoms with E-state index in [1.807, 2.05) is 0 Å². The Bertz CT molecular complexity index is 610. The third-order valence-corrected chi connectivity index (χ3v) is 3.91. The van der Waals surface area contributed by atoms with Crippen molar-refractivity contribution in [3.8, 4) is 0 Å². The summed E-state index contributed by atoms with van der Waals surface area (Å²) in [5.74, 6) is 1.78. The number of aromatic amines is 1. The van der Waals surface area contributed by atoms with E-state index < -0.39 is 0 Å². The molecule has 0 unspecified atom stereocenters. The number of benzene rings is 1. The van der Waals surface area contributed by atoms with Gasteiger partial charge in [-0.1, -0.05) is 18.2 Å². The average molecular weight is 284 g/mol. The first-order valence-corrected chi connectivity index (χ1v) is 7.94. The van der Waals surface area contributed by atoms with Crippen LogP contribution in [0.5, 0.6) is 0 Å². The molecule has 2 aromatic rings. The van der Waals surface area contributed by atoms with Gasteiger partial charge in [0.1, 0.15) is 0 Å². The summed E-state index contributed by atoms with van der Waals surface area (Å²) in [5.41, 5.74) is 2.57. The van der Waals surface area contributed by atoms with E-state index >= 15 is 0 Å². The highest BCUT2D eigenvalue weighted by molar-refractivity contribution is 5.83. The summed E-state index contributed by atoms with van der Waals surface area (Å²) in [4.78, 5) is 7.97. The minimum absolute atomic E-state index is 0.828. The zero-order chi connectivity index (χ0) is 14.5. The highest BCUT2D eigenvalue weighted by atomic mass is 15.2. The van der Waals surface area contributed by atoms with Gasteiger partial charge >= 0.3 is 0 Å². The molecule has 1 aliphatic carbocycles. The Hall–Kier alpha value is -1.97. The Labute approximate surface area is 126 Å². The number of aliphatic imine (C=N–C) groups is 1. The van der Waals surface area contributed by atoms with Gasteiger partial charge in [0.25, 0.3) is 0 Å². The SMILES string of the molecule is CCNC(=NCC1CC1)NCCc1c[nH]c2ccccc12. The Morgan fingerprint density at radius 2 is 2.14 bits per heavy atom. The fourth-order valence-electron chi connectivity index (χ4n) is 2.52. The quantitative estimate of drug-likeness (QED) is 0.564. The molecule has 0 aliphatic heterocycles. The number of nitrogens with zero attached hydrogens (tertiary/aromatic N) is 1. The fraction of sp³-hybridized carbons (Fsp3) is 0.471. The highest BCUT2D eigenvalue weighted by Gasteiger charge is 2.20. The lowest BCUT2D eigenvalue weighted by atomic mass is 10.1. The van der Waals surface area contributed by atoms with Gasteiger partial charge in [0.2, 0.25) is 0 Å². The van der Waals surface area contributed by atoms with Crippen LogP contribution in [-0.4, -0.2) is 30.6 Å². The van der Waals surface area contributed by atoms with Crippen molar-refractivity contribution in [1.29, 1.82) is 0 Å². The zero-order valence-electron chi connectivity index (χ0n) is 12.7. The van der Waals surface area contributed by atoms with E-state index in [1.54, 1.807) is 0 Å². The summed E-state index contributed by atoms with van der Waals surface area (Å²) < 4.78 is 0. The zero-order valence-corrected chi connectivity index (χ0v) is 12.7. The molecule has 1 aromatic carbocycles. The van der Waals surface area contributed by atoms with Crippen molar-refractivity contribution in [2.45, 2.75) is 26.2 Å². The van der Waals surface area contributed by atoms with Gasteiger partial charge in [-0.05, 0) is 43.7 Å². The van der Waals surface area contributed by atoms with Crippen molar-refractivity contribution in [2.75, 3.05) is 19.6 Å². The summed E-state index contributed by atoms with van der Waals surface area (Å²) in [7, 11) is 0. The molecular formula is C17H24N4. The molecule has 112 valence electrons. The van der Waals surface area contributed by atoms with E-state index in [0.29, 0.717) is 0 Å². The van der Waals surface area contributed by atoms with Gasteiger partial charge in [0, 0.05) is 36.7 Å². The second-order valence-electron chi connectivity index (χ2n) is 5.70. The fourth-order valence-corrected chi connectivity index (χ4v) is 2.52. The number of nitrogens with one attached hydrogen (secondary N) is 3. The number of rotatable bonds is 6. The van der Waals surface area contributed by atoms with E-state index in [-0.39, 0.29) is 0 Å². The van der Waals surface area contributed by atoms with E-state index in [9.17, 15) is 0 Å². The van der Waals surface area contributed by atoms with Crippen LogP contribution < -0.4 is 10.6 Å². The monoisotopic (exact) mass is 284 g/mol. The van der Waals surface area contributed by atoms with Gasteiger partial charge in [-0.3, -0.25) is 4.99 Å². The largest absolute Gasteiger partial charge is 0.361 e. The second kappa shape index (κ2) is 6.66. The summed E-state index contributed by atoms with van der Waals surface area (Å²) in [6.45, 7) is 4.87. The first-order valence-electron chi connectivity index (χ1n) is 7.94. The number of aromatic nitrogens is 1. The highest BCUT2D eigenvalue weighted by Crippen LogP contribution is 2.28. The maximum absolute atomic E-state index is 4.64. The van der Waals surface area contributed by atoms with Crippen molar-refractivity contribution in [1.82, 2.24) is 15.6 Å². The minimum atomic E-state index is 0.828. The first kappa shape index (κ1) is 14.0. The predicted octanol–water partition coefficient (Wildman–Crippen LogP) is 2.68. The molecule has 1 saturated carbocycles. The van der Waals surface area contributed by atoms with Crippen LogP contribution >= 0.6 is 0 Å². The molecule has 1 aliphatic rings. The van der Waals surface area contributed by atoms with E-state index in [4.69, 9.17) is 0 Å². The smallest absolute Gasteiger partial charge is 0.191 e. The summed E-state index contributed by atoms with van der Waals surface area (Å²) in [6.07, 6.45) is 5.80. The van der Waals surface area contributed by atoms with Crippen molar-refractivity contribution in [2.24, 2.45) is 10.9 Å². The molecule has 3 N–H and O–H groups in total. The van der Waals surface area contributed by atoms with Crippen LogP contribution in [0.3, 0.4) is 0 Å². The normalized spacial score (nSPS) is 15.4. The molecule has 21 heavy (non-hydrogen) atoms. The van der Waals surface area contributed by atoms with Crippen LogP contribution in [0, 0.1) is 5.92 Å². The number of H-pyrrole nitrogens is 1. The molecular weight excluding hydrogens is 260 g/mol. The average Bonchev–Trinajstić information content (AvgIpc) is 3.25. The lowest BCUT2D eigenvalue weighted by Gasteiger charge is -2.10. The molecule has 0 saturated heterocycles. The van der Waals surface area contributed by atoms with Gasteiger partial charge in [0.05, 0.1) is 0 Å². The van der Waals surface area contributed by atoms with Crippen LogP contribution in [0.25, 0.3) is 10.9 Å². The van der Waals surface area contributed by atoms with Gasteiger partial charge in [-0.25, -0.2) is 0 Å². The maximum Gasteiger partial charge on any atom is 0.191 e. The molecule has 3 rings (SSSR count). The van der Waals surface area contributed by atoms with E-state index in [1.165, 1.54) is 29.3 Å². The van der Waals surface area contributed by atoms with E-state index in [0.717, 1.165) is 37.9 Å². The van der Waals surface area contributed by atoms with Crippen molar-refractivity contribution >= 4 is 16.9 Å². The molecule has 4 nitrogen and oxygen atoms in total. The number of guanidine groups is 1. The number of fused-ring (bicyclic) bond motifs is 1. The van der Waals surface area contributed by atoms with Gasteiger partial charge in [-0.15, -0.1) is 0 Å². The number of para-hydroxylation sites is 1. The minimum Gasteiger partial charge on any atom is -0.361 e. The van der Waals surface area contributed by atoms with Gasteiger partial charge in [-0.2, -0.15) is 0 Å². The predicted molar refractivity (Wildman–Crippen MR) is 88.7 cm³/mol. The maximum atomic E-state index is 4.64. The van der Waals surface area contributed by atoms with Crippen molar-refractivity contribution < 1.29 is 0 Å². The Morgan fingerprint density at radius 3 is 2.95 bits per heavy atom.